The summed E-state index contributed by atoms with van der Waals surface area (Å²) >= 11 is 0. The standard InChI is InChI=1S/C20H22N4/c1-6-17(18-11-22-20(21-5)24-12(18)2)15-8-7-9-16(10-15)19-13(3)23-14(19)4/h6-11H,1-5H3,(H,21,22,24)/b17-6-. The SMILES string of the molecule is C/C=C(/c1cccc(C2=C(C)N=C2C)c1)c1cnc(NC)nc1C. The number of rotatable bonds is 4. The van der Waals surface area contributed by atoms with Crippen molar-refractivity contribution in [3.05, 3.63) is 64.6 Å². The van der Waals surface area contributed by atoms with E-state index in [0.717, 1.165) is 28.2 Å². The first kappa shape index (κ1) is 16.1. The molecule has 1 N–H and O–H groups in total. The Bertz CT molecular complexity index is 888. The predicted octanol–water partition coefficient (Wildman–Crippen LogP) is 4.48. The monoisotopic (exact) mass is 318 g/mol. The first-order valence-corrected chi connectivity index (χ1v) is 8.10. The average Bonchev–Trinajstić information content (AvgIpc) is 2.57. The Morgan fingerprint density at radius 2 is 1.96 bits per heavy atom. The summed E-state index contributed by atoms with van der Waals surface area (Å²) in [7, 11) is 1.83. The van der Waals surface area contributed by atoms with Crippen LogP contribution in [0.15, 0.2) is 47.2 Å². The summed E-state index contributed by atoms with van der Waals surface area (Å²) in [5.41, 5.74) is 8.99. The van der Waals surface area contributed by atoms with Gasteiger partial charge in [-0.1, -0.05) is 24.3 Å². The van der Waals surface area contributed by atoms with Gasteiger partial charge >= 0.3 is 0 Å². The van der Waals surface area contributed by atoms with Crippen molar-refractivity contribution in [3.63, 3.8) is 0 Å². The normalized spacial score (nSPS) is 14.4. The number of benzene rings is 1. The molecule has 2 heterocycles. The van der Waals surface area contributed by atoms with Crippen molar-refractivity contribution in [2.24, 2.45) is 4.99 Å². The molecule has 0 radical (unpaired) electrons. The van der Waals surface area contributed by atoms with Gasteiger partial charge in [-0.15, -0.1) is 0 Å². The zero-order valence-electron chi connectivity index (χ0n) is 14.8. The molecule has 0 fully saturated rings. The molecule has 0 saturated carbocycles. The Labute approximate surface area is 143 Å². The van der Waals surface area contributed by atoms with E-state index in [2.05, 4.69) is 64.5 Å². The Morgan fingerprint density at radius 1 is 1.17 bits per heavy atom. The van der Waals surface area contributed by atoms with Crippen LogP contribution >= 0.6 is 0 Å². The number of aromatic nitrogens is 2. The van der Waals surface area contributed by atoms with Crippen LogP contribution in [-0.2, 0) is 0 Å². The number of aliphatic imine (C=N–C) groups is 1. The Kier molecular flexibility index (Phi) is 4.30. The van der Waals surface area contributed by atoms with Crippen LogP contribution in [0.1, 0.15) is 43.2 Å². The lowest BCUT2D eigenvalue weighted by molar-refractivity contribution is 1.08. The summed E-state index contributed by atoms with van der Waals surface area (Å²) in [4.78, 5) is 13.3. The van der Waals surface area contributed by atoms with Gasteiger partial charge in [0.2, 0.25) is 5.95 Å². The number of hydrogen-bond acceptors (Lipinski definition) is 4. The smallest absolute Gasteiger partial charge is 0.222 e. The fourth-order valence-electron chi connectivity index (χ4n) is 3.16. The van der Waals surface area contributed by atoms with Gasteiger partial charge in [-0.3, -0.25) is 4.99 Å². The van der Waals surface area contributed by atoms with Gasteiger partial charge in [0.05, 0.1) is 5.69 Å². The highest BCUT2D eigenvalue weighted by molar-refractivity contribution is 6.28. The van der Waals surface area contributed by atoms with Crippen molar-refractivity contribution >= 4 is 22.8 Å². The topological polar surface area (TPSA) is 50.2 Å². The lowest BCUT2D eigenvalue weighted by atomic mass is 9.91. The summed E-state index contributed by atoms with van der Waals surface area (Å²) in [6.07, 6.45) is 4.00. The minimum atomic E-state index is 0.641. The van der Waals surface area contributed by atoms with Crippen LogP contribution in [0, 0.1) is 6.92 Å². The third-order valence-electron chi connectivity index (χ3n) is 4.30. The summed E-state index contributed by atoms with van der Waals surface area (Å²) < 4.78 is 0. The molecule has 0 amide bonds. The number of aryl methyl sites for hydroxylation is 1. The van der Waals surface area contributed by atoms with E-state index in [0.29, 0.717) is 5.95 Å². The van der Waals surface area contributed by atoms with E-state index in [1.807, 2.05) is 27.1 Å². The minimum absolute atomic E-state index is 0.641. The van der Waals surface area contributed by atoms with Crippen LogP contribution in [0.5, 0.6) is 0 Å². The van der Waals surface area contributed by atoms with Gasteiger partial charge in [-0.25, -0.2) is 9.97 Å². The molecule has 0 saturated heterocycles. The second-order valence-electron chi connectivity index (χ2n) is 5.88. The first-order chi connectivity index (χ1) is 11.5. The molecule has 1 aliphatic rings. The molecule has 1 aromatic heterocycles. The zero-order valence-corrected chi connectivity index (χ0v) is 14.8. The number of anilines is 1. The largest absolute Gasteiger partial charge is 0.357 e. The van der Waals surface area contributed by atoms with Crippen molar-refractivity contribution in [2.45, 2.75) is 27.7 Å². The van der Waals surface area contributed by atoms with Gasteiger partial charge in [-0.2, -0.15) is 0 Å². The van der Waals surface area contributed by atoms with Crippen molar-refractivity contribution in [1.29, 1.82) is 0 Å². The van der Waals surface area contributed by atoms with E-state index in [-0.39, 0.29) is 0 Å². The lowest BCUT2D eigenvalue weighted by Gasteiger charge is -2.19. The van der Waals surface area contributed by atoms with E-state index in [1.165, 1.54) is 16.7 Å². The molecule has 3 rings (SSSR count). The third kappa shape index (κ3) is 2.75. The molecule has 122 valence electrons. The van der Waals surface area contributed by atoms with Crippen LogP contribution in [0.2, 0.25) is 0 Å². The first-order valence-electron chi connectivity index (χ1n) is 8.10. The summed E-state index contributed by atoms with van der Waals surface area (Å²) in [5.74, 6) is 0.641. The molecule has 0 atom stereocenters. The predicted molar refractivity (Wildman–Crippen MR) is 101 cm³/mol. The van der Waals surface area contributed by atoms with Gasteiger partial charge in [-0.05, 0) is 50.5 Å². The van der Waals surface area contributed by atoms with Gasteiger partial charge in [0.25, 0.3) is 0 Å². The molecule has 4 nitrogen and oxygen atoms in total. The molecular formula is C20H22N4. The molecule has 1 aliphatic heterocycles. The lowest BCUT2D eigenvalue weighted by Crippen LogP contribution is -2.08. The summed E-state index contributed by atoms with van der Waals surface area (Å²) in [6.45, 7) is 8.18. The van der Waals surface area contributed by atoms with E-state index < -0.39 is 0 Å². The molecule has 24 heavy (non-hydrogen) atoms. The van der Waals surface area contributed by atoms with Gasteiger partial charge < -0.3 is 5.32 Å². The van der Waals surface area contributed by atoms with Crippen LogP contribution in [0.25, 0.3) is 11.1 Å². The van der Waals surface area contributed by atoms with Crippen molar-refractivity contribution in [2.75, 3.05) is 12.4 Å². The molecule has 1 aromatic carbocycles. The fraction of sp³-hybridized carbons (Fsp3) is 0.250. The number of allylic oxidation sites excluding steroid dienone is 3. The molecule has 2 aromatic rings. The van der Waals surface area contributed by atoms with Crippen molar-refractivity contribution in [3.8, 4) is 0 Å². The van der Waals surface area contributed by atoms with Crippen LogP contribution in [0.4, 0.5) is 5.95 Å². The van der Waals surface area contributed by atoms with Crippen LogP contribution < -0.4 is 5.32 Å². The number of hydrogen-bond donors (Lipinski definition) is 1. The van der Waals surface area contributed by atoms with Crippen molar-refractivity contribution in [1.82, 2.24) is 9.97 Å². The fourth-order valence-corrected chi connectivity index (χ4v) is 3.16. The molecular weight excluding hydrogens is 296 g/mol. The maximum atomic E-state index is 4.50. The van der Waals surface area contributed by atoms with E-state index in [4.69, 9.17) is 0 Å². The molecule has 0 bridgehead atoms. The Balaban J connectivity index is 2.03. The van der Waals surface area contributed by atoms with Crippen molar-refractivity contribution < 1.29 is 0 Å². The molecule has 4 heteroatoms. The summed E-state index contributed by atoms with van der Waals surface area (Å²) in [5, 5.41) is 2.98. The zero-order chi connectivity index (χ0) is 17.3. The highest BCUT2D eigenvalue weighted by Gasteiger charge is 2.18. The van der Waals surface area contributed by atoms with Gasteiger partial charge in [0.15, 0.2) is 0 Å². The molecule has 0 spiro atoms. The maximum Gasteiger partial charge on any atom is 0.222 e. The van der Waals surface area contributed by atoms with Gasteiger partial charge in [0.1, 0.15) is 0 Å². The van der Waals surface area contributed by atoms with Crippen LogP contribution in [0.3, 0.4) is 0 Å². The van der Waals surface area contributed by atoms with Crippen LogP contribution in [-0.4, -0.2) is 22.7 Å². The van der Waals surface area contributed by atoms with Gasteiger partial charge in [0, 0.05) is 35.8 Å². The third-order valence-corrected chi connectivity index (χ3v) is 4.30. The Morgan fingerprint density at radius 3 is 2.54 bits per heavy atom. The maximum absolute atomic E-state index is 4.50. The second-order valence-corrected chi connectivity index (χ2v) is 5.88. The molecule has 0 aliphatic carbocycles. The highest BCUT2D eigenvalue weighted by atomic mass is 15.1. The van der Waals surface area contributed by atoms with E-state index >= 15 is 0 Å². The Hall–Kier alpha value is -2.75. The second kappa shape index (κ2) is 6.40. The molecule has 0 unspecified atom stereocenters. The number of nitrogens with zero attached hydrogens (tertiary/aromatic N) is 3. The number of nitrogens with one attached hydrogen (secondary N) is 1. The minimum Gasteiger partial charge on any atom is -0.357 e. The summed E-state index contributed by atoms with van der Waals surface area (Å²) in [6, 6.07) is 8.59. The quantitative estimate of drug-likeness (QED) is 0.904. The average molecular weight is 318 g/mol. The van der Waals surface area contributed by atoms with E-state index in [1.54, 1.807) is 0 Å². The van der Waals surface area contributed by atoms with E-state index in [9.17, 15) is 0 Å². The highest BCUT2D eigenvalue weighted by Crippen LogP contribution is 2.32.